The van der Waals surface area contributed by atoms with Crippen LogP contribution in [-0.2, 0) is 0 Å². The van der Waals surface area contributed by atoms with Crippen LogP contribution < -0.4 is 9.80 Å². The van der Waals surface area contributed by atoms with E-state index in [1.807, 2.05) is 0 Å². The van der Waals surface area contributed by atoms with Crippen LogP contribution in [0, 0.1) is 6.92 Å². The summed E-state index contributed by atoms with van der Waals surface area (Å²) < 4.78 is 0. The fourth-order valence-corrected chi connectivity index (χ4v) is 7.46. The third kappa shape index (κ3) is 7.02. The van der Waals surface area contributed by atoms with Gasteiger partial charge in [-0.1, -0.05) is 163 Å². The van der Waals surface area contributed by atoms with Crippen LogP contribution >= 0.6 is 0 Å². The molecule has 9 rings (SSSR count). The van der Waals surface area contributed by atoms with Gasteiger partial charge in [0.15, 0.2) is 0 Å². The van der Waals surface area contributed by atoms with Crippen LogP contribution in [0.1, 0.15) is 16.7 Å². The molecule has 0 N–H and O–H groups in total. The molecule has 2 heteroatoms. The molecule has 55 heavy (non-hydrogen) atoms. The van der Waals surface area contributed by atoms with Crippen molar-refractivity contribution in [3.05, 3.63) is 229 Å². The maximum Gasteiger partial charge on any atom is 0.0546 e. The highest BCUT2D eigenvalue weighted by molar-refractivity contribution is 6.14. The van der Waals surface area contributed by atoms with Crippen molar-refractivity contribution in [2.45, 2.75) is 6.92 Å². The average Bonchev–Trinajstić information content (AvgIpc) is 3.25. The lowest BCUT2D eigenvalue weighted by atomic mass is 9.98. The molecule has 0 amide bonds. The largest absolute Gasteiger partial charge is 0.311 e. The summed E-state index contributed by atoms with van der Waals surface area (Å²) in [5.41, 5.74) is 12.7. The predicted molar refractivity (Wildman–Crippen MR) is 236 cm³/mol. The monoisotopic (exact) mass is 704 g/mol. The summed E-state index contributed by atoms with van der Waals surface area (Å²) in [6.45, 7) is 2.14. The fraction of sp³-hybridized carbons (Fsp3) is 0.0189. The molecule has 0 unspecified atom stereocenters. The van der Waals surface area contributed by atoms with Crippen molar-refractivity contribution in [1.82, 2.24) is 0 Å². The van der Waals surface area contributed by atoms with Crippen LogP contribution in [-0.4, -0.2) is 0 Å². The van der Waals surface area contributed by atoms with Gasteiger partial charge in [-0.05, 0) is 112 Å². The molecule has 0 atom stereocenters. The minimum absolute atomic E-state index is 1.12. The van der Waals surface area contributed by atoms with Crippen molar-refractivity contribution in [3.63, 3.8) is 0 Å². The quantitative estimate of drug-likeness (QED) is 0.109. The van der Waals surface area contributed by atoms with Gasteiger partial charge in [0.2, 0.25) is 0 Å². The summed E-state index contributed by atoms with van der Waals surface area (Å²) in [5, 5.41) is 4.99. The Kier molecular flexibility index (Phi) is 9.22. The summed E-state index contributed by atoms with van der Waals surface area (Å²) in [7, 11) is 0. The zero-order valence-corrected chi connectivity index (χ0v) is 30.8. The molecule has 0 aliphatic heterocycles. The van der Waals surface area contributed by atoms with Crippen molar-refractivity contribution in [2.24, 2.45) is 0 Å². The number of fused-ring (bicyclic) bond motifs is 3. The Morgan fingerprint density at radius 2 is 0.727 bits per heavy atom. The number of hydrogen-bond donors (Lipinski definition) is 0. The SMILES string of the molecule is Cc1ccc(N(c2ccc(-c3ccc(C=Cc4ccc(N(c5ccccc5)c5ccccc5)cc4)cc3)cc2)c2cc3ccccc3c3ccccc23)cc1. The smallest absolute Gasteiger partial charge is 0.0546 e. The Hall–Kier alpha value is -7.16. The molecule has 0 aromatic heterocycles. The van der Waals surface area contributed by atoms with Gasteiger partial charge in [-0.25, -0.2) is 0 Å². The molecule has 0 saturated carbocycles. The molecule has 9 aromatic carbocycles. The van der Waals surface area contributed by atoms with E-state index in [2.05, 4.69) is 241 Å². The van der Waals surface area contributed by atoms with E-state index in [1.54, 1.807) is 0 Å². The van der Waals surface area contributed by atoms with Crippen molar-refractivity contribution in [3.8, 4) is 11.1 Å². The van der Waals surface area contributed by atoms with Gasteiger partial charge in [-0.15, -0.1) is 0 Å². The lowest BCUT2D eigenvalue weighted by Crippen LogP contribution is -2.10. The number of anilines is 6. The second-order valence-electron chi connectivity index (χ2n) is 13.9. The van der Waals surface area contributed by atoms with Crippen molar-refractivity contribution >= 4 is 67.8 Å². The maximum atomic E-state index is 2.39. The summed E-state index contributed by atoms with van der Waals surface area (Å²) in [6.07, 6.45) is 4.36. The average molecular weight is 705 g/mol. The lowest BCUT2D eigenvalue weighted by molar-refractivity contribution is 1.28. The number of rotatable bonds is 9. The minimum Gasteiger partial charge on any atom is -0.311 e. The summed E-state index contributed by atoms with van der Waals surface area (Å²) in [5.74, 6) is 0. The first kappa shape index (κ1) is 33.7. The molecule has 9 aromatic rings. The molecule has 0 saturated heterocycles. The summed E-state index contributed by atoms with van der Waals surface area (Å²) in [4.78, 5) is 4.67. The molecule has 0 aliphatic rings. The van der Waals surface area contributed by atoms with Crippen molar-refractivity contribution < 1.29 is 0 Å². The van der Waals surface area contributed by atoms with Gasteiger partial charge in [0.05, 0.1) is 5.69 Å². The second kappa shape index (κ2) is 15.1. The number of benzene rings is 9. The highest BCUT2D eigenvalue weighted by Crippen LogP contribution is 2.42. The van der Waals surface area contributed by atoms with E-state index in [0.29, 0.717) is 0 Å². The van der Waals surface area contributed by atoms with Gasteiger partial charge >= 0.3 is 0 Å². The van der Waals surface area contributed by atoms with Crippen LogP contribution in [0.4, 0.5) is 34.1 Å². The van der Waals surface area contributed by atoms with E-state index in [4.69, 9.17) is 0 Å². The fourth-order valence-electron chi connectivity index (χ4n) is 7.46. The molecule has 2 nitrogen and oxygen atoms in total. The van der Waals surface area contributed by atoms with E-state index in [1.165, 1.54) is 43.9 Å². The summed E-state index contributed by atoms with van der Waals surface area (Å²) >= 11 is 0. The van der Waals surface area contributed by atoms with Crippen LogP contribution in [0.5, 0.6) is 0 Å². The lowest BCUT2D eigenvalue weighted by Gasteiger charge is -2.28. The first-order valence-electron chi connectivity index (χ1n) is 18.8. The third-order valence-electron chi connectivity index (χ3n) is 10.3. The first-order valence-corrected chi connectivity index (χ1v) is 18.8. The van der Waals surface area contributed by atoms with Crippen molar-refractivity contribution in [2.75, 3.05) is 9.80 Å². The van der Waals surface area contributed by atoms with Gasteiger partial charge in [-0.3, -0.25) is 0 Å². The third-order valence-corrected chi connectivity index (χ3v) is 10.3. The Balaban J connectivity index is 0.967. The number of nitrogens with zero attached hydrogens (tertiary/aromatic N) is 2. The molecular weight excluding hydrogens is 665 g/mol. The Bertz CT molecular complexity index is 2680. The Morgan fingerprint density at radius 3 is 1.31 bits per heavy atom. The van der Waals surface area contributed by atoms with Crippen molar-refractivity contribution in [1.29, 1.82) is 0 Å². The second-order valence-corrected chi connectivity index (χ2v) is 13.9. The van der Waals surface area contributed by atoms with Crippen LogP contribution in [0.25, 0.3) is 44.8 Å². The maximum absolute atomic E-state index is 2.39. The normalized spacial score (nSPS) is 11.3. The first-order chi connectivity index (χ1) is 27.2. The zero-order valence-electron chi connectivity index (χ0n) is 30.8. The molecule has 0 heterocycles. The number of hydrogen-bond acceptors (Lipinski definition) is 2. The molecule has 0 spiro atoms. The highest BCUT2D eigenvalue weighted by atomic mass is 15.1. The van der Waals surface area contributed by atoms with E-state index >= 15 is 0 Å². The summed E-state index contributed by atoms with van der Waals surface area (Å²) in [6, 6.07) is 76.1. The molecule has 0 aliphatic carbocycles. The molecule has 0 bridgehead atoms. The minimum atomic E-state index is 1.12. The number of para-hydroxylation sites is 2. The molecule has 262 valence electrons. The van der Waals surface area contributed by atoms with Gasteiger partial charge in [0.25, 0.3) is 0 Å². The number of aryl methyl sites for hydroxylation is 1. The molecule has 0 fully saturated rings. The van der Waals surface area contributed by atoms with E-state index in [-0.39, 0.29) is 0 Å². The van der Waals surface area contributed by atoms with Gasteiger partial charge in [-0.2, -0.15) is 0 Å². The van der Waals surface area contributed by atoms with Crippen LogP contribution in [0.15, 0.2) is 212 Å². The van der Waals surface area contributed by atoms with Crippen LogP contribution in [0.3, 0.4) is 0 Å². The van der Waals surface area contributed by atoms with Crippen LogP contribution in [0.2, 0.25) is 0 Å². The Labute approximate surface area is 323 Å². The van der Waals surface area contributed by atoms with E-state index in [0.717, 1.165) is 39.6 Å². The molecule has 0 radical (unpaired) electrons. The standard InChI is InChI=1S/C53H40N2/c1-39-20-32-48(33-21-39)55(53-38-44-12-8-9-17-50(44)51-18-10-11-19-52(51)53)49-36-30-43(31-37-49)42-28-24-40(25-29-42)22-23-41-26-34-47(35-27-41)54(45-13-4-2-5-14-45)46-15-6-3-7-16-46/h2-38H,1H3. The zero-order chi connectivity index (χ0) is 37.0. The van der Waals surface area contributed by atoms with Gasteiger partial charge < -0.3 is 9.80 Å². The van der Waals surface area contributed by atoms with E-state index < -0.39 is 0 Å². The van der Waals surface area contributed by atoms with Gasteiger partial charge in [0, 0.05) is 33.8 Å². The molecular formula is C53H40N2. The topological polar surface area (TPSA) is 6.48 Å². The van der Waals surface area contributed by atoms with Gasteiger partial charge in [0.1, 0.15) is 0 Å². The Morgan fingerprint density at radius 1 is 0.327 bits per heavy atom. The highest BCUT2D eigenvalue weighted by Gasteiger charge is 2.17. The van der Waals surface area contributed by atoms with E-state index in [9.17, 15) is 0 Å². The predicted octanol–water partition coefficient (Wildman–Crippen LogP) is 15.1.